The molecule has 29 heavy (non-hydrogen) atoms. The molecular formula is C24H26N2O2S. The molecule has 0 unspecified atom stereocenters. The number of carbonyl (C=O) groups excluding carboxylic acids is 1. The molecule has 0 aliphatic carbocycles. The second-order valence-corrected chi connectivity index (χ2v) is 7.95. The number of carbonyl (C=O) groups is 1. The number of amides is 1. The number of aliphatic imine (C=N–C) groups is 1. The molecule has 1 aliphatic rings. The Labute approximate surface area is 177 Å². The van der Waals surface area contributed by atoms with Crippen molar-refractivity contribution >= 4 is 34.6 Å². The lowest BCUT2D eigenvalue weighted by molar-refractivity contribution is -0.123. The Balaban J connectivity index is 1.88. The van der Waals surface area contributed by atoms with Crippen LogP contribution in [0.1, 0.15) is 31.4 Å². The van der Waals surface area contributed by atoms with E-state index in [9.17, 15) is 4.79 Å². The molecule has 1 atom stereocenters. The Morgan fingerprint density at radius 2 is 1.86 bits per heavy atom. The van der Waals surface area contributed by atoms with E-state index in [1.54, 1.807) is 11.0 Å². The SMILES string of the molecule is C=CCOc1ccc(/C=C2/SC(=Nc3ccc(C)cc3)N([C@H](C)CC)C2=O)cc1. The molecule has 0 saturated carbocycles. The number of thioether (sulfide) groups is 1. The van der Waals surface area contributed by atoms with E-state index in [1.165, 1.54) is 17.3 Å². The minimum atomic E-state index is 0.00203. The molecule has 0 aromatic heterocycles. The van der Waals surface area contributed by atoms with Gasteiger partial charge in [-0.05, 0) is 67.9 Å². The maximum atomic E-state index is 13.1. The van der Waals surface area contributed by atoms with Gasteiger partial charge in [-0.1, -0.05) is 49.4 Å². The average molecular weight is 407 g/mol. The first-order chi connectivity index (χ1) is 14.0. The molecule has 2 aromatic carbocycles. The van der Waals surface area contributed by atoms with Crippen LogP contribution in [-0.2, 0) is 4.79 Å². The molecule has 150 valence electrons. The number of benzene rings is 2. The number of hydrogen-bond acceptors (Lipinski definition) is 4. The van der Waals surface area contributed by atoms with Crippen LogP contribution < -0.4 is 4.74 Å². The van der Waals surface area contributed by atoms with Gasteiger partial charge in [0.2, 0.25) is 0 Å². The highest BCUT2D eigenvalue weighted by Gasteiger charge is 2.36. The third-order valence-corrected chi connectivity index (χ3v) is 5.66. The van der Waals surface area contributed by atoms with Crippen LogP contribution in [0.15, 0.2) is 71.1 Å². The molecule has 5 heteroatoms. The molecule has 0 N–H and O–H groups in total. The molecule has 1 amide bonds. The van der Waals surface area contributed by atoms with Crippen molar-refractivity contribution < 1.29 is 9.53 Å². The summed E-state index contributed by atoms with van der Waals surface area (Å²) in [5.41, 5.74) is 2.99. The lowest BCUT2D eigenvalue weighted by Crippen LogP contribution is -2.36. The summed E-state index contributed by atoms with van der Waals surface area (Å²) in [5.74, 6) is 0.780. The van der Waals surface area contributed by atoms with Gasteiger partial charge in [0.25, 0.3) is 5.91 Å². The van der Waals surface area contributed by atoms with E-state index in [0.29, 0.717) is 11.5 Å². The summed E-state index contributed by atoms with van der Waals surface area (Å²) in [6.07, 6.45) is 4.49. The van der Waals surface area contributed by atoms with Crippen LogP contribution in [0.3, 0.4) is 0 Å². The van der Waals surface area contributed by atoms with E-state index in [1.807, 2.05) is 61.5 Å². The molecule has 3 rings (SSSR count). The number of amidine groups is 1. The first-order valence-electron chi connectivity index (χ1n) is 9.74. The Hall–Kier alpha value is -2.79. The fraction of sp³-hybridized carbons (Fsp3) is 0.250. The smallest absolute Gasteiger partial charge is 0.266 e. The normalized spacial score (nSPS) is 17.8. The third-order valence-electron chi connectivity index (χ3n) is 4.67. The largest absolute Gasteiger partial charge is 0.490 e. The molecule has 0 spiro atoms. The predicted molar refractivity (Wildman–Crippen MR) is 123 cm³/mol. The van der Waals surface area contributed by atoms with Gasteiger partial charge in [0.1, 0.15) is 12.4 Å². The molecule has 1 aliphatic heterocycles. The van der Waals surface area contributed by atoms with Crippen molar-refractivity contribution in [3.8, 4) is 5.75 Å². The lowest BCUT2D eigenvalue weighted by Gasteiger charge is -2.22. The van der Waals surface area contributed by atoms with Gasteiger partial charge in [-0.2, -0.15) is 0 Å². The summed E-state index contributed by atoms with van der Waals surface area (Å²) in [4.78, 5) is 20.3. The predicted octanol–water partition coefficient (Wildman–Crippen LogP) is 5.96. The Bertz CT molecular complexity index is 930. The van der Waals surface area contributed by atoms with E-state index < -0.39 is 0 Å². The minimum Gasteiger partial charge on any atom is -0.490 e. The first kappa shape index (κ1) is 20.9. The van der Waals surface area contributed by atoms with Crippen molar-refractivity contribution in [3.05, 3.63) is 77.2 Å². The summed E-state index contributed by atoms with van der Waals surface area (Å²) in [7, 11) is 0. The number of aryl methyl sites for hydroxylation is 1. The molecule has 1 heterocycles. The fourth-order valence-corrected chi connectivity index (χ4v) is 3.92. The second kappa shape index (κ2) is 9.61. The van der Waals surface area contributed by atoms with Crippen LogP contribution in [-0.4, -0.2) is 28.6 Å². The summed E-state index contributed by atoms with van der Waals surface area (Å²) in [6.45, 7) is 10.3. The second-order valence-electron chi connectivity index (χ2n) is 6.94. The van der Waals surface area contributed by atoms with Gasteiger partial charge in [0, 0.05) is 6.04 Å². The standard InChI is InChI=1S/C24H26N2O2S/c1-5-15-28-21-13-9-19(10-14-21)16-22-23(27)26(18(4)6-2)24(29-22)25-20-11-7-17(3)8-12-20/h5,7-14,16,18H,1,6,15H2,2-4H3/b22-16+,25-24?/t18-/m1/s1. The Kier molecular flexibility index (Phi) is 6.94. The number of hydrogen-bond donors (Lipinski definition) is 0. The maximum Gasteiger partial charge on any atom is 0.266 e. The van der Waals surface area contributed by atoms with Gasteiger partial charge in [-0.25, -0.2) is 4.99 Å². The van der Waals surface area contributed by atoms with E-state index in [0.717, 1.165) is 28.6 Å². The van der Waals surface area contributed by atoms with Gasteiger partial charge in [0.05, 0.1) is 10.6 Å². The van der Waals surface area contributed by atoms with Gasteiger partial charge < -0.3 is 4.74 Å². The van der Waals surface area contributed by atoms with Crippen molar-refractivity contribution in [2.45, 2.75) is 33.2 Å². The van der Waals surface area contributed by atoms with E-state index >= 15 is 0 Å². The summed E-state index contributed by atoms with van der Waals surface area (Å²) >= 11 is 1.43. The summed E-state index contributed by atoms with van der Waals surface area (Å²) in [6, 6.07) is 15.8. The van der Waals surface area contributed by atoms with Crippen LogP contribution in [0.4, 0.5) is 5.69 Å². The van der Waals surface area contributed by atoms with Crippen LogP contribution in [0.5, 0.6) is 5.75 Å². The molecular weight excluding hydrogens is 380 g/mol. The molecule has 4 nitrogen and oxygen atoms in total. The fourth-order valence-electron chi connectivity index (χ4n) is 2.83. The molecule has 1 fully saturated rings. The van der Waals surface area contributed by atoms with E-state index in [2.05, 4.69) is 20.4 Å². The van der Waals surface area contributed by atoms with E-state index in [4.69, 9.17) is 9.73 Å². The van der Waals surface area contributed by atoms with Gasteiger partial charge in [-0.3, -0.25) is 9.69 Å². The van der Waals surface area contributed by atoms with Crippen molar-refractivity contribution in [1.29, 1.82) is 0 Å². The highest BCUT2D eigenvalue weighted by molar-refractivity contribution is 8.18. The van der Waals surface area contributed by atoms with E-state index in [-0.39, 0.29) is 11.9 Å². The summed E-state index contributed by atoms with van der Waals surface area (Å²) < 4.78 is 5.52. The van der Waals surface area contributed by atoms with Crippen LogP contribution in [0, 0.1) is 6.92 Å². The van der Waals surface area contributed by atoms with Gasteiger partial charge in [0.15, 0.2) is 5.17 Å². The van der Waals surface area contributed by atoms with Crippen molar-refractivity contribution in [2.75, 3.05) is 6.61 Å². The number of nitrogens with zero attached hydrogens (tertiary/aromatic N) is 2. The van der Waals surface area contributed by atoms with Gasteiger partial charge in [-0.15, -0.1) is 0 Å². The summed E-state index contributed by atoms with van der Waals surface area (Å²) in [5, 5.41) is 0.727. The maximum absolute atomic E-state index is 13.1. The average Bonchev–Trinajstić information content (AvgIpc) is 3.03. The Morgan fingerprint density at radius 1 is 1.17 bits per heavy atom. The zero-order valence-corrected chi connectivity index (χ0v) is 17.9. The first-order valence-corrected chi connectivity index (χ1v) is 10.6. The molecule has 0 radical (unpaired) electrons. The highest BCUT2D eigenvalue weighted by Crippen LogP contribution is 2.36. The molecule has 0 bridgehead atoms. The Morgan fingerprint density at radius 3 is 2.48 bits per heavy atom. The van der Waals surface area contributed by atoms with Crippen LogP contribution in [0.2, 0.25) is 0 Å². The van der Waals surface area contributed by atoms with Crippen molar-refractivity contribution in [1.82, 2.24) is 4.90 Å². The number of rotatable bonds is 7. The van der Waals surface area contributed by atoms with Crippen molar-refractivity contribution in [2.24, 2.45) is 4.99 Å². The zero-order valence-electron chi connectivity index (χ0n) is 17.1. The van der Waals surface area contributed by atoms with Crippen LogP contribution >= 0.6 is 11.8 Å². The minimum absolute atomic E-state index is 0.00203. The monoisotopic (exact) mass is 406 g/mol. The molecule has 1 saturated heterocycles. The zero-order chi connectivity index (χ0) is 20.8. The lowest BCUT2D eigenvalue weighted by atomic mass is 10.2. The quantitative estimate of drug-likeness (QED) is 0.421. The third kappa shape index (κ3) is 5.18. The van der Waals surface area contributed by atoms with Crippen LogP contribution in [0.25, 0.3) is 6.08 Å². The molecule has 2 aromatic rings. The topological polar surface area (TPSA) is 41.9 Å². The van der Waals surface area contributed by atoms with Gasteiger partial charge >= 0.3 is 0 Å². The highest BCUT2D eigenvalue weighted by atomic mass is 32.2. The number of ether oxygens (including phenoxy) is 1. The van der Waals surface area contributed by atoms with Crippen molar-refractivity contribution in [3.63, 3.8) is 0 Å².